The van der Waals surface area contributed by atoms with Gasteiger partial charge in [-0.05, 0) is 36.2 Å². The zero-order chi connectivity index (χ0) is 13.7. The lowest BCUT2D eigenvalue weighted by Crippen LogP contribution is -2.12. The molecule has 0 bridgehead atoms. The fourth-order valence-corrected chi connectivity index (χ4v) is 1.99. The Morgan fingerprint density at radius 1 is 1.16 bits per heavy atom. The summed E-state index contributed by atoms with van der Waals surface area (Å²) in [6.07, 6.45) is 1.01. The lowest BCUT2D eigenvalue weighted by molar-refractivity contribution is -0.116. The van der Waals surface area contributed by atoms with Crippen molar-refractivity contribution in [3.05, 3.63) is 59.1 Å². The SMILES string of the molecule is Nc1ccccc1CCC(=O)Nc1cccc(Cl)c1. The fourth-order valence-electron chi connectivity index (χ4n) is 1.80. The lowest BCUT2D eigenvalue weighted by atomic mass is 10.1. The Morgan fingerprint density at radius 3 is 2.68 bits per heavy atom. The van der Waals surface area contributed by atoms with Crippen molar-refractivity contribution in [1.29, 1.82) is 0 Å². The zero-order valence-electron chi connectivity index (χ0n) is 10.4. The summed E-state index contributed by atoms with van der Waals surface area (Å²) in [5.74, 6) is -0.0504. The van der Waals surface area contributed by atoms with E-state index in [-0.39, 0.29) is 5.91 Å². The van der Waals surface area contributed by atoms with Crippen molar-refractivity contribution < 1.29 is 4.79 Å². The molecule has 4 heteroatoms. The highest BCUT2D eigenvalue weighted by molar-refractivity contribution is 6.30. The van der Waals surface area contributed by atoms with E-state index in [0.717, 1.165) is 11.3 Å². The second kappa shape index (κ2) is 6.25. The van der Waals surface area contributed by atoms with Crippen LogP contribution in [0.3, 0.4) is 0 Å². The van der Waals surface area contributed by atoms with Crippen LogP contribution in [0, 0.1) is 0 Å². The molecule has 19 heavy (non-hydrogen) atoms. The molecule has 98 valence electrons. The van der Waals surface area contributed by atoms with E-state index in [1.165, 1.54) is 0 Å². The van der Waals surface area contributed by atoms with Crippen LogP contribution >= 0.6 is 11.6 Å². The van der Waals surface area contributed by atoms with Gasteiger partial charge in [0, 0.05) is 22.8 Å². The molecule has 0 radical (unpaired) electrons. The molecule has 0 aliphatic heterocycles. The number of aryl methyl sites for hydroxylation is 1. The number of hydrogen-bond acceptors (Lipinski definition) is 2. The Morgan fingerprint density at radius 2 is 1.95 bits per heavy atom. The van der Waals surface area contributed by atoms with Gasteiger partial charge in [-0.3, -0.25) is 4.79 Å². The van der Waals surface area contributed by atoms with Crippen molar-refractivity contribution in [2.45, 2.75) is 12.8 Å². The first-order valence-electron chi connectivity index (χ1n) is 6.04. The molecule has 2 aromatic rings. The van der Waals surface area contributed by atoms with Gasteiger partial charge in [0.2, 0.25) is 5.91 Å². The highest BCUT2D eigenvalue weighted by Gasteiger charge is 2.05. The summed E-state index contributed by atoms with van der Waals surface area (Å²) in [5, 5.41) is 3.41. The molecular weight excluding hydrogens is 260 g/mol. The maximum absolute atomic E-state index is 11.8. The highest BCUT2D eigenvalue weighted by Crippen LogP contribution is 2.16. The van der Waals surface area contributed by atoms with Crippen LogP contribution < -0.4 is 11.1 Å². The molecule has 2 aromatic carbocycles. The van der Waals surface area contributed by atoms with E-state index >= 15 is 0 Å². The number of halogens is 1. The maximum Gasteiger partial charge on any atom is 0.224 e. The van der Waals surface area contributed by atoms with Crippen LogP contribution in [0.5, 0.6) is 0 Å². The number of rotatable bonds is 4. The Labute approximate surface area is 117 Å². The minimum Gasteiger partial charge on any atom is -0.399 e. The maximum atomic E-state index is 11.8. The first kappa shape index (κ1) is 13.4. The Hall–Kier alpha value is -2.00. The van der Waals surface area contributed by atoms with Gasteiger partial charge in [0.1, 0.15) is 0 Å². The van der Waals surface area contributed by atoms with Gasteiger partial charge in [0.15, 0.2) is 0 Å². The molecule has 1 amide bonds. The summed E-state index contributed by atoms with van der Waals surface area (Å²) in [5.41, 5.74) is 8.25. The molecule has 0 aliphatic rings. The van der Waals surface area contributed by atoms with E-state index in [1.54, 1.807) is 24.3 Å². The van der Waals surface area contributed by atoms with Crippen molar-refractivity contribution in [2.75, 3.05) is 11.1 Å². The van der Waals surface area contributed by atoms with Gasteiger partial charge >= 0.3 is 0 Å². The van der Waals surface area contributed by atoms with Gasteiger partial charge in [-0.25, -0.2) is 0 Å². The van der Waals surface area contributed by atoms with Gasteiger partial charge in [-0.1, -0.05) is 35.9 Å². The molecule has 0 unspecified atom stereocenters. The van der Waals surface area contributed by atoms with Crippen LogP contribution in [0.4, 0.5) is 11.4 Å². The molecule has 0 saturated heterocycles. The van der Waals surface area contributed by atoms with Gasteiger partial charge in [0.25, 0.3) is 0 Å². The van der Waals surface area contributed by atoms with E-state index in [2.05, 4.69) is 5.32 Å². The molecule has 3 N–H and O–H groups in total. The van der Waals surface area contributed by atoms with Crippen molar-refractivity contribution in [3.63, 3.8) is 0 Å². The number of carbonyl (C=O) groups is 1. The Balaban J connectivity index is 1.90. The molecule has 0 fully saturated rings. The standard InChI is InChI=1S/C15H15ClN2O/c16-12-5-3-6-13(10-12)18-15(19)9-8-11-4-1-2-7-14(11)17/h1-7,10H,8-9,17H2,(H,18,19). The second-order valence-corrected chi connectivity index (χ2v) is 4.69. The number of benzene rings is 2. The topological polar surface area (TPSA) is 55.1 Å². The van der Waals surface area contributed by atoms with E-state index in [1.807, 2.05) is 24.3 Å². The highest BCUT2D eigenvalue weighted by atomic mass is 35.5. The quantitative estimate of drug-likeness (QED) is 0.839. The number of carbonyl (C=O) groups excluding carboxylic acids is 1. The molecule has 3 nitrogen and oxygen atoms in total. The molecule has 0 aromatic heterocycles. The van der Waals surface area contributed by atoms with E-state index in [0.29, 0.717) is 23.6 Å². The summed E-state index contributed by atoms with van der Waals surface area (Å²) in [4.78, 5) is 11.8. The van der Waals surface area contributed by atoms with Gasteiger partial charge < -0.3 is 11.1 Å². The lowest BCUT2D eigenvalue weighted by Gasteiger charge is -2.07. The van der Waals surface area contributed by atoms with Crippen LogP contribution in [0.15, 0.2) is 48.5 Å². The molecule has 0 aliphatic carbocycles. The average molecular weight is 275 g/mol. The third-order valence-corrected chi connectivity index (χ3v) is 3.02. The van der Waals surface area contributed by atoms with Crippen LogP contribution in [0.25, 0.3) is 0 Å². The van der Waals surface area contributed by atoms with Crippen LogP contribution in [-0.2, 0) is 11.2 Å². The van der Waals surface area contributed by atoms with E-state index < -0.39 is 0 Å². The van der Waals surface area contributed by atoms with Gasteiger partial charge in [-0.2, -0.15) is 0 Å². The molecule has 2 rings (SSSR count). The van der Waals surface area contributed by atoms with Gasteiger partial charge in [-0.15, -0.1) is 0 Å². The van der Waals surface area contributed by atoms with E-state index in [9.17, 15) is 4.79 Å². The second-order valence-electron chi connectivity index (χ2n) is 4.26. The minimum absolute atomic E-state index is 0.0504. The monoisotopic (exact) mass is 274 g/mol. The third kappa shape index (κ3) is 4.00. The summed E-state index contributed by atoms with van der Waals surface area (Å²) in [6, 6.07) is 14.7. The first-order valence-corrected chi connectivity index (χ1v) is 6.42. The van der Waals surface area contributed by atoms with Gasteiger partial charge in [0.05, 0.1) is 0 Å². The first-order chi connectivity index (χ1) is 9.15. The number of para-hydroxylation sites is 1. The number of anilines is 2. The molecular formula is C15H15ClN2O. The summed E-state index contributed by atoms with van der Waals surface area (Å²) in [7, 11) is 0. The summed E-state index contributed by atoms with van der Waals surface area (Å²) < 4.78 is 0. The predicted molar refractivity (Wildman–Crippen MR) is 79.3 cm³/mol. The smallest absolute Gasteiger partial charge is 0.224 e. The average Bonchev–Trinajstić information content (AvgIpc) is 2.38. The number of hydrogen-bond donors (Lipinski definition) is 2. The zero-order valence-corrected chi connectivity index (χ0v) is 11.2. The Bertz CT molecular complexity index is 584. The minimum atomic E-state index is -0.0504. The van der Waals surface area contributed by atoms with Crippen LogP contribution in [-0.4, -0.2) is 5.91 Å². The fraction of sp³-hybridized carbons (Fsp3) is 0.133. The van der Waals surface area contributed by atoms with Crippen molar-refractivity contribution in [1.82, 2.24) is 0 Å². The summed E-state index contributed by atoms with van der Waals surface area (Å²) in [6.45, 7) is 0. The van der Waals surface area contributed by atoms with Crippen molar-refractivity contribution in [2.24, 2.45) is 0 Å². The van der Waals surface area contributed by atoms with E-state index in [4.69, 9.17) is 17.3 Å². The Kier molecular flexibility index (Phi) is 4.42. The molecule has 0 saturated carbocycles. The number of nitrogens with one attached hydrogen (secondary N) is 1. The molecule has 0 heterocycles. The van der Waals surface area contributed by atoms with Crippen LogP contribution in [0.2, 0.25) is 5.02 Å². The molecule has 0 spiro atoms. The number of nitrogen functional groups attached to an aromatic ring is 1. The summed E-state index contributed by atoms with van der Waals surface area (Å²) >= 11 is 5.85. The largest absolute Gasteiger partial charge is 0.399 e. The normalized spacial score (nSPS) is 10.2. The van der Waals surface area contributed by atoms with Crippen LogP contribution in [0.1, 0.15) is 12.0 Å². The van der Waals surface area contributed by atoms with Crippen molar-refractivity contribution in [3.8, 4) is 0 Å². The number of nitrogens with two attached hydrogens (primary N) is 1. The molecule has 0 atom stereocenters. The number of amides is 1. The predicted octanol–water partition coefficient (Wildman–Crippen LogP) is 3.49. The third-order valence-electron chi connectivity index (χ3n) is 2.78. The van der Waals surface area contributed by atoms with Crippen molar-refractivity contribution >= 4 is 28.9 Å².